The normalized spacial score (nSPS) is 27.6. The van der Waals surface area contributed by atoms with Gasteiger partial charge >= 0.3 is 0 Å². The average molecular weight is 252 g/mol. The van der Waals surface area contributed by atoms with Crippen molar-refractivity contribution in [2.24, 2.45) is 0 Å². The first-order valence-corrected chi connectivity index (χ1v) is 6.28. The Bertz CT molecular complexity index is 445. The number of epoxide rings is 1. The van der Waals surface area contributed by atoms with Crippen molar-refractivity contribution in [1.82, 2.24) is 4.90 Å². The van der Waals surface area contributed by atoms with Crippen molar-refractivity contribution in [1.29, 1.82) is 0 Å². The van der Waals surface area contributed by atoms with Crippen molar-refractivity contribution in [2.45, 2.75) is 31.5 Å². The lowest BCUT2D eigenvalue weighted by Gasteiger charge is -2.24. The van der Waals surface area contributed by atoms with Crippen molar-refractivity contribution in [3.63, 3.8) is 0 Å². The highest BCUT2D eigenvalue weighted by Gasteiger charge is 2.42. The van der Waals surface area contributed by atoms with E-state index in [2.05, 4.69) is 0 Å². The van der Waals surface area contributed by atoms with E-state index in [1.807, 2.05) is 29.2 Å². The smallest absolute Gasteiger partial charge is 0.223 e. The topological polar surface area (TPSA) is 32.8 Å². The van der Waals surface area contributed by atoms with Gasteiger partial charge in [0, 0.05) is 18.0 Å². The number of hydrogen-bond donors (Lipinski definition) is 0. The molecule has 2 heterocycles. The maximum absolute atomic E-state index is 11.9. The second-order valence-corrected chi connectivity index (χ2v) is 5.00. The van der Waals surface area contributed by atoms with Gasteiger partial charge < -0.3 is 9.64 Å². The minimum Gasteiger partial charge on any atom is -0.371 e. The van der Waals surface area contributed by atoms with E-state index in [1.165, 1.54) is 0 Å². The van der Waals surface area contributed by atoms with Crippen LogP contribution in [0.1, 0.15) is 18.4 Å². The van der Waals surface area contributed by atoms with Gasteiger partial charge in [0.15, 0.2) is 0 Å². The molecular formula is C13H14ClNO2. The summed E-state index contributed by atoms with van der Waals surface area (Å²) in [6, 6.07) is 7.93. The molecule has 1 aromatic rings. The van der Waals surface area contributed by atoms with Crippen molar-refractivity contribution in [3.8, 4) is 0 Å². The molecule has 2 aliphatic heterocycles. The van der Waals surface area contributed by atoms with Gasteiger partial charge in [-0.15, -0.1) is 0 Å². The number of amides is 1. The number of hydrogen-bond acceptors (Lipinski definition) is 2. The zero-order valence-electron chi connectivity index (χ0n) is 9.43. The van der Waals surface area contributed by atoms with Crippen molar-refractivity contribution < 1.29 is 9.53 Å². The fraction of sp³-hybridized carbons (Fsp3) is 0.462. The van der Waals surface area contributed by atoms with E-state index < -0.39 is 0 Å². The molecule has 1 aromatic carbocycles. The quantitative estimate of drug-likeness (QED) is 0.772. The van der Waals surface area contributed by atoms with Gasteiger partial charge in [-0.25, -0.2) is 0 Å². The van der Waals surface area contributed by atoms with Crippen molar-refractivity contribution >= 4 is 17.5 Å². The third-order valence-electron chi connectivity index (χ3n) is 3.46. The molecule has 0 aromatic heterocycles. The Balaban J connectivity index is 1.78. The third kappa shape index (κ3) is 2.17. The van der Waals surface area contributed by atoms with Gasteiger partial charge in [-0.1, -0.05) is 29.8 Å². The maximum atomic E-state index is 11.9. The first-order valence-electron chi connectivity index (χ1n) is 5.90. The zero-order valence-corrected chi connectivity index (χ0v) is 10.2. The second-order valence-electron chi connectivity index (χ2n) is 4.59. The molecule has 4 heteroatoms. The van der Waals surface area contributed by atoms with Gasteiger partial charge in [-0.05, 0) is 18.1 Å². The van der Waals surface area contributed by atoms with E-state index >= 15 is 0 Å². The zero-order chi connectivity index (χ0) is 11.8. The number of nitrogens with zero attached hydrogens (tertiary/aromatic N) is 1. The summed E-state index contributed by atoms with van der Waals surface area (Å²) < 4.78 is 5.31. The Hall–Kier alpha value is -1.06. The summed E-state index contributed by atoms with van der Waals surface area (Å²) in [5.74, 6) is 0.213. The highest BCUT2D eigenvalue weighted by molar-refractivity contribution is 6.31. The molecule has 2 unspecified atom stereocenters. The highest BCUT2D eigenvalue weighted by Crippen LogP contribution is 2.31. The average Bonchev–Trinajstić information content (AvgIpc) is 3.09. The molecule has 17 heavy (non-hydrogen) atoms. The summed E-state index contributed by atoms with van der Waals surface area (Å²) in [6.45, 7) is 1.39. The molecule has 3 nitrogen and oxygen atoms in total. The lowest BCUT2D eigenvalue weighted by molar-refractivity contribution is -0.129. The molecule has 0 saturated carbocycles. The van der Waals surface area contributed by atoms with Crippen LogP contribution < -0.4 is 0 Å². The molecule has 0 bridgehead atoms. The summed E-state index contributed by atoms with van der Waals surface area (Å²) in [5, 5.41) is 0.725. The van der Waals surface area contributed by atoms with Gasteiger partial charge in [-0.2, -0.15) is 0 Å². The maximum Gasteiger partial charge on any atom is 0.223 e. The molecule has 0 aliphatic carbocycles. The van der Waals surface area contributed by atoms with Gasteiger partial charge in [0.2, 0.25) is 5.91 Å². The molecule has 3 rings (SSSR count). The van der Waals surface area contributed by atoms with E-state index in [0.717, 1.165) is 23.6 Å². The summed E-state index contributed by atoms with van der Waals surface area (Å²) >= 11 is 6.12. The molecule has 1 amide bonds. The Morgan fingerprint density at radius 2 is 2.18 bits per heavy atom. The van der Waals surface area contributed by atoms with E-state index in [9.17, 15) is 4.79 Å². The third-order valence-corrected chi connectivity index (χ3v) is 3.83. The van der Waals surface area contributed by atoms with E-state index in [1.54, 1.807) is 0 Å². The first kappa shape index (κ1) is 11.1. The number of carbonyl (C=O) groups excluding carboxylic acids is 1. The first-order chi connectivity index (χ1) is 8.25. The highest BCUT2D eigenvalue weighted by atomic mass is 35.5. The van der Waals surface area contributed by atoms with E-state index in [-0.39, 0.29) is 18.1 Å². The SMILES string of the molecule is O=C1CCC(C2CO2)N1Cc1ccccc1Cl. The van der Waals surface area contributed by atoms with Gasteiger partial charge in [-0.3, -0.25) is 4.79 Å². The lowest BCUT2D eigenvalue weighted by atomic mass is 10.1. The summed E-state index contributed by atoms with van der Waals surface area (Å²) in [5.41, 5.74) is 1.01. The van der Waals surface area contributed by atoms with Gasteiger partial charge in [0.25, 0.3) is 0 Å². The summed E-state index contributed by atoms with van der Waals surface area (Å²) in [7, 11) is 0. The van der Waals surface area contributed by atoms with Crippen LogP contribution in [0.5, 0.6) is 0 Å². The Morgan fingerprint density at radius 3 is 2.88 bits per heavy atom. The molecule has 0 N–H and O–H groups in total. The molecule has 90 valence electrons. The van der Waals surface area contributed by atoms with Crippen LogP contribution in [0.25, 0.3) is 0 Å². The van der Waals surface area contributed by atoms with Crippen molar-refractivity contribution in [3.05, 3.63) is 34.9 Å². The number of ether oxygens (including phenoxy) is 1. The fourth-order valence-corrected chi connectivity index (χ4v) is 2.63. The van der Waals surface area contributed by atoms with Crippen LogP contribution in [0.4, 0.5) is 0 Å². The lowest BCUT2D eigenvalue weighted by Crippen LogP contribution is -2.36. The fourth-order valence-electron chi connectivity index (χ4n) is 2.44. The van der Waals surface area contributed by atoms with E-state index in [4.69, 9.17) is 16.3 Å². The van der Waals surface area contributed by atoms with Gasteiger partial charge in [0.1, 0.15) is 6.10 Å². The number of carbonyl (C=O) groups is 1. The van der Waals surface area contributed by atoms with Gasteiger partial charge in [0.05, 0.1) is 12.6 Å². The monoisotopic (exact) mass is 251 g/mol. The molecule has 2 aliphatic rings. The number of likely N-dealkylation sites (tertiary alicyclic amines) is 1. The largest absolute Gasteiger partial charge is 0.371 e. The molecule has 0 spiro atoms. The van der Waals surface area contributed by atoms with Crippen LogP contribution >= 0.6 is 11.6 Å². The Kier molecular flexibility index (Phi) is 2.81. The van der Waals surface area contributed by atoms with Crippen molar-refractivity contribution in [2.75, 3.05) is 6.61 Å². The minimum absolute atomic E-state index is 0.213. The standard InChI is InChI=1S/C13H14ClNO2/c14-10-4-2-1-3-9(10)7-15-11(12-8-17-12)5-6-13(15)16/h1-4,11-12H,5-8H2. The predicted octanol–water partition coefficient (Wildman–Crippen LogP) is 2.23. The number of rotatable bonds is 3. The van der Waals surface area contributed by atoms with Crippen LogP contribution in [0, 0.1) is 0 Å². The molecule has 2 saturated heterocycles. The van der Waals surface area contributed by atoms with Crippen LogP contribution in [0.2, 0.25) is 5.02 Å². The summed E-state index contributed by atoms with van der Waals surface area (Å²) in [4.78, 5) is 13.8. The summed E-state index contributed by atoms with van der Waals surface area (Å²) in [6.07, 6.45) is 1.80. The molecule has 0 radical (unpaired) electrons. The number of halogens is 1. The number of benzene rings is 1. The van der Waals surface area contributed by atoms with E-state index in [0.29, 0.717) is 13.0 Å². The van der Waals surface area contributed by atoms with Crippen LogP contribution in [-0.4, -0.2) is 29.6 Å². The minimum atomic E-state index is 0.213. The molecule has 2 atom stereocenters. The second kappa shape index (κ2) is 4.31. The molecular weight excluding hydrogens is 238 g/mol. The Morgan fingerprint density at radius 1 is 1.41 bits per heavy atom. The van der Waals surface area contributed by atoms with Crippen LogP contribution in [0.3, 0.4) is 0 Å². The Labute approximate surface area is 105 Å². The van der Waals surface area contributed by atoms with Crippen LogP contribution in [-0.2, 0) is 16.1 Å². The van der Waals surface area contributed by atoms with Crippen LogP contribution in [0.15, 0.2) is 24.3 Å². The molecule has 2 fully saturated rings. The predicted molar refractivity (Wildman–Crippen MR) is 64.8 cm³/mol.